The first kappa shape index (κ1) is 16.3. The van der Waals surface area contributed by atoms with Crippen molar-refractivity contribution in [2.45, 2.75) is 13.8 Å². The molecular formula is C16H20LiNSi. The third-order valence-corrected chi connectivity index (χ3v) is 6.20. The summed E-state index contributed by atoms with van der Waals surface area (Å²) in [7, 11) is -0.807. The van der Waals surface area contributed by atoms with Gasteiger partial charge in [-0.2, -0.15) is 19.3 Å². The Morgan fingerprint density at radius 3 is 1.42 bits per heavy atom. The normalized spacial score (nSPS) is 10.1. The van der Waals surface area contributed by atoms with E-state index in [1.807, 2.05) is 0 Å². The molecule has 0 heterocycles. The van der Waals surface area contributed by atoms with Gasteiger partial charge in [-0.05, 0) is 13.1 Å². The zero-order valence-corrected chi connectivity index (χ0v) is 13.1. The van der Waals surface area contributed by atoms with Gasteiger partial charge in [-0.3, -0.25) is 0 Å². The third kappa shape index (κ3) is 4.09. The Bertz CT molecular complexity index is 417. The standard InChI is InChI=1S/C16H20NSi.Li/c1-3-17(4-2)18(15-11-7-5-8-12-15)16-13-9-6-10-14-16;/h5-14H,3-4H2,1-2H3;/q-1;+1. The number of nitrogens with zero attached hydrogens (tertiary/aromatic N) is 1. The molecule has 2 aromatic rings. The molecule has 0 aliphatic rings. The first-order valence-electron chi connectivity index (χ1n) is 6.59. The maximum atomic E-state index is 2.59. The molecule has 0 aliphatic carbocycles. The van der Waals surface area contributed by atoms with E-state index in [0.717, 1.165) is 13.1 Å². The largest absolute Gasteiger partial charge is 1.00 e. The molecule has 0 unspecified atom stereocenters. The van der Waals surface area contributed by atoms with E-state index in [-0.39, 0.29) is 18.9 Å². The molecule has 19 heavy (non-hydrogen) atoms. The summed E-state index contributed by atoms with van der Waals surface area (Å²) >= 11 is 0. The Morgan fingerprint density at radius 2 is 1.11 bits per heavy atom. The molecule has 0 saturated carbocycles. The molecule has 0 N–H and O–H groups in total. The van der Waals surface area contributed by atoms with Gasteiger partial charge in [0.15, 0.2) is 0 Å². The van der Waals surface area contributed by atoms with E-state index >= 15 is 0 Å². The summed E-state index contributed by atoms with van der Waals surface area (Å²) < 4.78 is 2.59. The minimum absolute atomic E-state index is 0. The summed E-state index contributed by atoms with van der Waals surface area (Å²) in [5.74, 6) is 0. The molecule has 0 radical (unpaired) electrons. The first-order chi connectivity index (χ1) is 8.86. The van der Waals surface area contributed by atoms with Crippen molar-refractivity contribution in [1.29, 1.82) is 0 Å². The van der Waals surface area contributed by atoms with E-state index in [2.05, 4.69) is 79.1 Å². The van der Waals surface area contributed by atoms with Crippen LogP contribution in [0.25, 0.3) is 0 Å². The number of rotatable bonds is 5. The van der Waals surface area contributed by atoms with Crippen molar-refractivity contribution < 1.29 is 18.9 Å². The van der Waals surface area contributed by atoms with Crippen LogP contribution in [0.15, 0.2) is 60.7 Å². The van der Waals surface area contributed by atoms with E-state index in [1.54, 1.807) is 0 Å². The fourth-order valence-electron chi connectivity index (χ4n) is 2.26. The summed E-state index contributed by atoms with van der Waals surface area (Å²) in [6, 6.07) is 21.8. The number of hydrogen-bond donors (Lipinski definition) is 0. The first-order valence-corrected chi connectivity index (χ1v) is 8.04. The second-order valence-corrected chi connectivity index (χ2v) is 6.74. The van der Waals surface area contributed by atoms with Crippen molar-refractivity contribution in [3.05, 3.63) is 60.7 Å². The maximum Gasteiger partial charge on any atom is 1.00 e. The number of hydrogen-bond acceptors (Lipinski definition) is 1. The van der Waals surface area contributed by atoms with Crippen LogP contribution in [0.2, 0.25) is 0 Å². The average molecular weight is 261 g/mol. The Morgan fingerprint density at radius 1 is 0.737 bits per heavy atom. The Balaban J connectivity index is 0.00000180. The Kier molecular flexibility index (Phi) is 7.19. The van der Waals surface area contributed by atoms with E-state index in [9.17, 15) is 0 Å². The minimum atomic E-state index is -0.807. The van der Waals surface area contributed by atoms with Crippen molar-refractivity contribution in [3.63, 3.8) is 0 Å². The van der Waals surface area contributed by atoms with Crippen LogP contribution in [-0.2, 0) is 0 Å². The SMILES string of the molecule is CCN(CC)[Si-](c1ccccc1)c1ccccc1.[Li+]. The molecule has 0 bridgehead atoms. The van der Waals surface area contributed by atoms with E-state index in [4.69, 9.17) is 0 Å². The van der Waals surface area contributed by atoms with Crippen molar-refractivity contribution in [2.24, 2.45) is 0 Å². The van der Waals surface area contributed by atoms with Crippen molar-refractivity contribution >= 4 is 19.3 Å². The van der Waals surface area contributed by atoms with Gasteiger partial charge in [0.2, 0.25) is 0 Å². The van der Waals surface area contributed by atoms with Crippen LogP contribution in [-0.4, -0.2) is 26.6 Å². The van der Waals surface area contributed by atoms with Crippen LogP contribution < -0.4 is 29.2 Å². The summed E-state index contributed by atoms with van der Waals surface area (Å²) in [6.07, 6.45) is 0. The molecule has 0 amide bonds. The van der Waals surface area contributed by atoms with Gasteiger partial charge >= 0.3 is 18.9 Å². The van der Waals surface area contributed by atoms with Gasteiger partial charge < -0.3 is 4.57 Å². The predicted octanol–water partition coefficient (Wildman–Crippen LogP) is -0.862. The molecule has 94 valence electrons. The van der Waals surface area contributed by atoms with Gasteiger partial charge in [0.05, 0.1) is 0 Å². The fraction of sp³-hybridized carbons (Fsp3) is 0.250. The zero-order chi connectivity index (χ0) is 12.8. The molecule has 2 rings (SSSR count). The van der Waals surface area contributed by atoms with Gasteiger partial charge in [-0.1, -0.05) is 74.5 Å². The van der Waals surface area contributed by atoms with Crippen LogP contribution in [0.3, 0.4) is 0 Å². The summed E-state index contributed by atoms with van der Waals surface area (Å²) in [5.41, 5.74) is 0. The van der Waals surface area contributed by atoms with Gasteiger partial charge in [0.25, 0.3) is 0 Å². The Labute approximate surface area is 130 Å². The van der Waals surface area contributed by atoms with Gasteiger partial charge in [0.1, 0.15) is 0 Å². The summed E-state index contributed by atoms with van der Waals surface area (Å²) in [5, 5.41) is 2.94. The molecule has 2 aromatic carbocycles. The molecule has 0 spiro atoms. The van der Waals surface area contributed by atoms with Gasteiger partial charge in [0, 0.05) is 0 Å². The van der Waals surface area contributed by atoms with Crippen LogP contribution in [0.5, 0.6) is 0 Å². The third-order valence-electron chi connectivity index (χ3n) is 3.17. The van der Waals surface area contributed by atoms with E-state index in [0.29, 0.717) is 0 Å². The van der Waals surface area contributed by atoms with Crippen LogP contribution in [0.1, 0.15) is 13.8 Å². The van der Waals surface area contributed by atoms with Crippen molar-refractivity contribution in [1.82, 2.24) is 4.57 Å². The summed E-state index contributed by atoms with van der Waals surface area (Å²) in [6.45, 7) is 6.71. The molecule has 0 atom stereocenters. The molecule has 0 fully saturated rings. The van der Waals surface area contributed by atoms with E-state index in [1.165, 1.54) is 10.4 Å². The van der Waals surface area contributed by atoms with Gasteiger partial charge in [-0.25, -0.2) is 0 Å². The predicted molar refractivity (Wildman–Crippen MR) is 80.8 cm³/mol. The molecule has 3 heteroatoms. The zero-order valence-electron chi connectivity index (χ0n) is 12.1. The molecule has 0 aromatic heterocycles. The average Bonchev–Trinajstić information content (AvgIpc) is 2.46. The van der Waals surface area contributed by atoms with Crippen molar-refractivity contribution in [3.8, 4) is 0 Å². The van der Waals surface area contributed by atoms with Crippen LogP contribution in [0, 0.1) is 0 Å². The fourth-order valence-corrected chi connectivity index (χ4v) is 4.98. The smallest absolute Gasteiger partial charge is 0.451 e. The molecule has 1 nitrogen and oxygen atoms in total. The molecule has 0 saturated heterocycles. The van der Waals surface area contributed by atoms with E-state index < -0.39 is 8.96 Å². The van der Waals surface area contributed by atoms with Crippen LogP contribution in [0.4, 0.5) is 0 Å². The topological polar surface area (TPSA) is 3.24 Å². The monoisotopic (exact) mass is 261 g/mol. The maximum absolute atomic E-state index is 2.59. The summed E-state index contributed by atoms with van der Waals surface area (Å²) in [4.78, 5) is 0. The van der Waals surface area contributed by atoms with Gasteiger partial charge in [-0.15, -0.1) is 0 Å². The second kappa shape index (κ2) is 8.40. The quantitative estimate of drug-likeness (QED) is 0.633. The second-order valence-electron chi connectivity index (χ2n) is 4.25. The molecule has 0 aliphatic heterocycles. The minimum Gasteiger partial charge on any atom is -0.451 e. The Hall–Kier alpha value is -0.786. The van der Waals surface area contributed by atoms with Crippen molar-refractivity contribution in [2.75, 3.05) is 13.1 Å². The molecular weight excluding hydrogens is 241 g/mol. The number of benzene rings is 2. The van der Waals surface area contributed by atoms with Crippen LogP contribution >= 0.6 is 0 Å².